The van der Waals surface area contributed by atoms with Gasteiger partial charge in [0.05, 0.1) is 26.4 Å². The van der Waals surface area contributed by atoms with Crippen molar-refractivity contribution in [3.05, 3.63) is 24.3 Å². The molecular formula is C14H14N2O9. The number of amides is 4. The van der Waals surface area contributed by atoms with E-state index in [2.05, 4.69) is 4.84 Å². The summed E-state index contributed by atoms with van der Waals surface area (Å²) < 4.78 is 10.1. The fourth-order valence-corrected chi connectivity index (χ4v) is 1.89. The van der Waals surface area contributed by atoms with E-state index < -0.39 is 35.8 Å². The van der Waals surface area contributed by atoms with Crippen molar-refractivity contribution < 1.29 is 43.4 Å². The molecule has 2 aliphatic rings. The van der Waals surface area contributed by atoms with Gasteiger partial charge in [-0.2, -0.15) is 0 Å². The lowest BCUT2D eigenvalue weighted by Gasteiger charge is -2.25. The summed E-state index contributed by atoms with van der Waals surface area (Å²) in [4.78, 5) is 63.6. The Hall–Kier alpha value is -2.89. The molecule has 0 spiro atoms. The van der Waals surface area contributed by atoms with Crippen molar-refractivity contribution in [2.45, 2.75) is 6.23 Å². The van der Waals surface area contributed by atoms with Crippen molar-refractivity contribution in [3.8, 4) is 0 Å². The van der Waals surface area contributed by atoms with Crippen LogP contribution in [0.25, 0.3) is 0 Å². The van der Waals surface area contributed by atoms with E-state index >= 15 is 0 Å². The van der Waals surface area contributed by atoms with E-state index in [4.69, 9.17) is 14.6 Å². The molecule has 0 saturated heterocycles. The molecule has 2 rings (SSSR count). The van der Waals surface area contributed by atoms with E-state index in [0.29, 0.717) is 4.90 Å². The highest BCUT2D eigenvalue weighted by Crippen LogP contribution is 2.14. The van der Waals surface area contributed by atoms with Crippen molar-refractivity contribution in [2.24, 2.45) is 0 Å². The van der Waals surface area contributed by atoms with Crippen LogP contribution in [0.1, 0.15) is 0 Å². The highest BCUT2D eigenvalue weighted by molar-refractivity contribution is 6.15. The van der Waals surface area contributed by atoms with Gasteiger partial charge in [-0.15, -0.1) is 0 Å². The number of hydroxylamine groups is 2. The van der Waals surface area contributed by atoms with Crippen LogP contribution in [0.15, 0.2) is 24.3 Å². The minimum absolute atomic E-state index is 0.0318. The number of ether oxygens (including phenoxy) is 2. The molecule has 11 heteroatoms. The van der Waals surface area contributed by atoms with Gasteiger partial charge in [0.2, 0.25) is 6.23 Å². The fourth-order valence-electron chi connectivity index (χ4n) is 1.89. The van der Waals surface area contributed by atoms with Crippen LogP contribution in [0.5, 0.6) is 0 Å². The van der Waals surface area contributed by atoms with Gasteiger partial charge in [0.15, 0.2) is 0 Å². The summed E-state index contributed by atoms with van der Waals surface area (Å²) in [6.07, 6.45) is 1.84. The highest BCUT2D eigenvalue weighted by atomic mass is 16.7. The van der Waals surface area contributed by atoms with Gasteiger partial charge in [0, 0.05) is 24.3 Å². The summed E-state index contributed by atoms with van der Waals surface area (Å²) in [7, 11) is 0. The second-order valence-electron chi connectivity index (χ2n) is 4.65. The molecule has 1 atom stereocenters. The molecule has 11 nitrogen and oxygen atoms in total. The number of aliphatic hydroxyl groups excluding tert-OH is 1. The van der Waals surface area contributed by atoms with E-state index in [0.717, 1.165) is 24.3 Å². The van der Waals surface area contributed by atoms with Gasteiger partial charge in [-0.3, -0.25) is 19.2 Å². The van der Waals surface area contributed by atoms with Gasteiger partial charge in [0.1, 0.15) is 0 Å². The molecule has 0 saturated carbocycles. The molecule has 0 bridgehead atoms. The SMILES string of the molecule is O=C(ON1C(=O)C=CC1=O)C(OCCOCCO)N1C(=O)C=CC1=O. The largest absolute Gasteiger partial charge is 0.394 e. The Morgan fingerprint density at radius 1 is 0.920 bits per heavy atom. The minimum atomic E-state index is -1.81. The van der Waals surface area contributed by atoms with Gasteiger partial charge < -0.3 is 19.4 Å². The standard InChI is InChI=1S/C14H14N2O9/c17-5-6-23-7-8-24-13(15-9(18)1-2-10(15)19)14(22)25-16-11(20)3-4-12(16)21/h1-4,13,17H,5-8H2. The van der Waals surface area contributed by atoms with Gasteiger partial charge in [-0.05, 0) is 0 Å². The van der Waals surface area contributed by atoms with Crippen LogP contribution in [0.4, 0.5) is 0 Å². The maximum atomic E-state index is 12.2. The van der Waals surface area contributed by atoms with E-state index in [1.54, 1.807) is 0 Å². The molecule has 0 aromatic heterocycles. The molecule has 0 aromatic carbocycles. The van der Waals surface area contributed by atoms with Crippen LogP contribution in [-0.4, -0.2) is 77.3 Å². The van der Waals surface area contributed by atoms with Gasteiger partial charge in [-0.1, -0.05) is 5.06 Å². The van der Waals surface area contributed by atoms with Crippen LogP contribution >= 0.6 is 0 Å². The summed E-state index contributed by atoms with van der Waals surface area (Å²) in [6.45, 7) is -0.456. The number of aliphatic hydroxyl groups is 1. The zero-order valence-corrected chi connectivity index (χ0v) is 12.8. The van der Waals surface area contributed by atoms with Gasteiger partial charge in [0.25, 0.3) is 23.6 Å². The third kappa shape index (κ3) is 4.35. The first-order valence-corrected chi connectivity index (χ1v) is 7.09. The maximum absolute atomic E-state index is 12.2. The Kier molecular flexibility index (Phi) is 6.11. The number of imide groups is 2. The summed E-state index contributed by atoms with van der Waals surface area (Å²) in [5.41, 5.74) is 0. The first-order valence-electron chi connectivity index (χ1n) is 7.09. The van der Waals surface area contributed by atoms with E-state index in [1.807, 2.05) is 0 Å². The summed E-state index contributed by atoms with van der Waals surface area (Å²) >= 11 is 0. The molecule has 2 heterocycles. The predicted octanol–water partition coefficient (Wildman–Crippen LogP) is -2.35. The van der Waals surface area contributed by atoms with Crippen molar-refractivity contribution in [1.29, 1.82) is 0 Å². The first-order chi connectivity index (χ1) is 12.0. The molecule has 134 valence electrons. The first kappa shape index (κ1) is 18.4. The summed E-state index contributed by atoms with van der Waals surface area (Å²) in [5.74, 6) is -4.72. The Morgan fingerprint density at radius 2 is 1.48 bits per heavy atom. The van der Waals surface area contributed by atoms with E-state index in [-0.39, 0.29) is 31.5 Å². The molecule has 0 aromatic rings. The van der Waals surface area contributed by atoms with Crippen LogP contribution in [-0.2, 0) is 38.3 Å². The van der Waals surface area contributed by atoms with Crippen molar-refractivity contribution >= 4 is 29.6 Å². The van der Waals surface area contributed by atoms with E-state index in [9.17, 15) is 24.0 Å². The van der Waals surface area contributed by atoms with Crippen LogP contribution in [0, 0.1) is 0 Å². The molecule has 0 radical (unpaired) electrons. The second kappa shape index (κ2) is 8.28. The van der Waals surface area contributed by atoms with Crippen molar-refractivity contribution in [2.75, 3.05) is 26.4 Å². The van der Waals surface area contributed by atoms with Crippen LogP contribution < -0.4 is 0 Å². The molecule has 0 aliphatic carbocycles. The highest BCUT2D eigenvalue weighted by Gasteiger charge is 2.40. The third-order valence-electron chi connectivity index (χ3n) is 2.97. The monoisotopic (exact) mass is 354 g/mol. The van der Waals surface area contributed by atoms with Crippen LogP contribution in [0.2, 0.25) is 0 Å². The molecule has 0 fully saturated rings. The molecule has 25 heavy (non-hydrogen) atoms. The molecule has 1 N–H and O–H groups in total. The van der Waals surface area contributed by atoms with E-state index in [1.165, 1.54) is 0 Å². The van der Waals surface area contributed by atoms with Gasteiger partial charge in [-0.25, -0.2) is 9.69 Å². The average Bonchev–Trinajstić information content (AvgIpc) is 3.07. The summed E-state index contributed by atoms with van der Waals surface area (Å²) in [5, 5.41) is 8.77. The average molecular weight is 354 g/mol. The summed E-state index contributed by atoms with van der Waals surface area (Å²) in [6, 6.07) is 0. The maximum Gasteiger partial charge on any atom is 0.382 e. The fraction of sp³-hybridized carbons (Fsp3) is 0.357. The lowest BCUT2D eigenvalue weighted by molar-refractivity contribution is -0.212. The number of nitrogens with zero attached hydrogens (tertiary/aromatic N) is 2. The number of rotatable bonds is 9. The third-order valence-corrected chi connectivity index (χ3v) is 2.97. The number of hydrogen-bond acceptors (Lipinski definition) is 9. The normalized spacial score (nSPS) is 17.8. The van der Waals surface area contributed by atoms with Gasteiger partial charge >= 0.3 is 5.97 Å². The smallest absolute Gasteiger partial charge is 0.382 e. The molecule has 4 amide bonds. The minimum Gasteiger partial charge on any atom is -0.394 e. The number of hydrogen-bond donors (Lipinski definition) is 1. The Labute approximate surface area is 141 Å². The molecule has 2 aliphatic heterocycles. The Morgan fingerprint density at radius 3 is 2.04 bits per heavy atom. The zero-order valence-electron chi connectivity index (χ0n) is 12.8. The molecular weight excluding hydrogens is 340 g/mol. The quantitative estimate of drug-likeness (QED) is 0.356. The second-order valence-corrected chi connectivity index (χ2v) is 4.65. The Balaban J connectivity index is 2.03. The van der Waals surface area contributed by atoms with Crippen molar-refractivity contribution in [1.82, 2.24) is 9.96 Å². The predicted molar refractivity (Wildman–Crippen MR) is 75.7 cm³/mol. The van der Waals surface area contributed by atoms with Crippen LogP contribution in [0.3, 0.4) is 0 Å². The topological polar surface area (TPSA) is 140 Å². The Bertz CT molecular complexity index is 619. The molecule has 1 unspecified atom stereocenters. The zero-order chi connectivity index (χ0) is 18.4. The lowest BCUT2D eigenvalue weighted by Crippen LogP contribution is -2.50. The number of carbonyl (C=O) groups excluding carboxylic acids is 5. The lowest BCUT2D eigenvalue weighted by atomic mass is 10.4. The van der Waals surface area contributed by atoms with Crippen molar-refractivity contribution in [3.63, 3.8) is 0 Å². The number of carbonyl (C=O) groups is 5.